The first-order chi connectivity index (χ1) is 32.6. The third-order valence-corrected chi connectivity index (χ3v) is 13.9. The highest BCUT2D eigenvalue weighted by atomic mass is 14.9. The molecular formula is C59H52N8+4. The van der Waals surface area contributed by atoms with E-state index in [4.69, 9.17) is 0 Å². The van der Waals surface area contributed by atoms with E-state index in [2.05, 4.69) is 263 Å². The molecule has 8 heteroatoms. The highest BCUT2D eigenvalue weighted by Crippen LogP contribution is 2.49. The van der Waals surface area contributed by atoms with Gasteiger partial charge in [0.1, 0.15) is 28.2 Å². The van der Waals surface area contributed by atoms with Crippen molar-refractivity contribution in [3.05, 3.63) is 261 Å². The van der Waals surface area contributed by atoms with Crippen LogP contribution in [0.5, 0.6) is 0 Å². The minimum absolute atomic E-state index is 0.102. The van der Waals surface area contributed by atoms with Crippen LogP contribution in [0.15, 0.2) is 183 Å². The maximum Gasteiger partial charge on any atom is 0.176 e. The van der Waals surface area contributed by atoms with E-state index in [0.717, 1.165) is 94.3 Å². The Morgan fingerprint density at radius 2 is 0.731 bits per heavy atom. The highest BCUT2D eigenvalue weighted by molar-refractivity contribution is 5.87. The third-order valence-electron chi connectivity index (χ3n) is 13.9. The molecule has 324 valence electrons. The lowest BCUT2D eigenvalue weighted by Crippen LogP contribution is -2.28. The zero-order valence-corrected chi connectivity index (χ0v) is 38.6. The number of benzene rings is 2. The second-order valence-electron chi connectivity index (χ2n) is 18.8. The number of aromatic amines is 4. The molecule has 8 aromatic heterocycles. The van der Waals surface area contributed by atoms with E-state index in [9.17, 15) is 0 Å². The van der Waals surface area contributed by atoms with Gasteiger partial charge in [0.25, 0.3) is 0 Å². The van der Waals surface area contributed by atoms with Gasteiger partial charge in [-0.1, -0.05) is 50.2 Å². The molecule has 1 aliphatic carbocycles. The van der Waals surface area contributed by atoms with Gasteiger partial charge in [0.2, 0.25) is 0 Å². The van der Waals surface area contributed by atoms with Crippen molar-refractivity contribution in [2.24, 2.45) is 28.2 Å². The van der Waals surface area contributed by atoms with Crippen molar-refractivity contribution in [1.29, 1.82) is 0 Å². The van der Waals surface area contributed by atoms with E-state index >= 15 is 0 Å². The lowest BCUT2D eigenvalue weighted by molar-refractivity contribution is -0.671. The van der Waals surface area contributed by atoms with E-state index in [1.807, 2.05) is 0 Å². The number of fused-ring (bicyclic) bond motifs is 11. The van der Waals surface area contributed by atoms with Crippen LogP contribution in [-0.2, 0) is 33.6 Å². The standard InChI is InChI=1S/C59H50N8/c1-59(2)45-10-8-7-9-43(45)44-12-11-40(34-46(44)59)41-33-42(36-67(6)35-41)58-53-19-17-51(62-53)56(38-23-29-65(4)30-24-38)49-15-13-47(60-49)55(37-21-27-64(3)28-22-37)48-14-16-50(61-48)57(52-18-20-54(58)63-52)39-25-31-66(5)32-26-39/h7-36H,1-6H3,(H2,60,61,62,63)/q+2/p+2. The molecule has 0 amide bonds. The first-order valence-corrected chi connectivity index (χ1v) is 22.9. The van der Waals surface area contributed by atoms with E-state index in [1.165, 1.54) is 27.8 Å². The van der Waals surface area contributed by atoms with Gasteiger partial charge in [0.05, 0.1) is 5.56 Å². The Balaban J connectivity index is 1.14. The summed E-state index contributed by atoms with van der Waals surface area (Å²) in [7, 11) is 8.30. The largest absolute Gasteiger partial charge is 0.354 e. The predicted octanol–water partition coefficient (Wildman–Crippen LogP) is 5.57. The summed E-state index contributed by atoms with van der Waals surface area (Å²) in [6, 6.07) is 49.1. The Morgan fingerprint density at radius 3 is 1.19 bits per heavy atom. The molecule has 4 N–H and O–H groups in total. The number of pyridine rings is 4. The fraction of sp³-hybridized carbons (Fsp3) is 0.119. The molecule has 8 bridgehead atoms. The maximum absolute atomic E-state index is 3.98. The summed E-state index contributed by atoms with van der Waals surface area (Å²) in [5.74, 6) is 0. The minimum Gasteiger partial charge on any atom is -0.354 e. The molecule has 2 aromatic carbocycles. The molecule has 0 radical (unpaired) electrons. The second kappa shape index (κ2) is 15.4. The topological polar surface area (TPSA) is 78.7 Å². The van der Waals surface area contributed by atoms with Gasteiger partial charge in [-0.05, 0) is 105 Å². The number of hydrogen-bond donors (Lipinski definition) is 4. The zero-order valence-electron chi connectivity index (χ0n) is 38.6. The van der Waals surface area contributed by atoms with Gasteiger partial charge in [-0.25, -0.2) is 18.3 Å². The number of aryl methyl sites for hydroxylation is 4. The van der Waals surface area contributed by atoms with E-state index in [0.29, 0.717) is 0 Å². The summed E-state index contributed by atoms with van der Waals surface area (Å²) in [6.07, 6.45) is 17.1. The summed E-state index contributed by atoms with van der Waals surface area (Å²) in [6.45, 7) is 4.70. The normalized spacial score (nSPS) is 13.8. The van der Waals surface area contributed by atoms with Crippen molar-refractivity contribution < 1.29 is 18.3 Å². The van der Waals surface area contributed by atoms with Gasteiger partial charge < -0.3 is 19.9 Å². The van der Waals surface area contributed by atoms with Crippen molar-refractivity contribution in [3.63, 3.8) is 0 Å². The Labute approximate surface area is 389 Å². The molecule has 0 fully saturated rings. The van der Waals surface area contributed by atoms with Gasteiger partial charge >= 0.3 is 0 Å². The molecule has 12 rings (SSSR count). The van der Waals surface area contributed by atoms with Crippen LogP contribution in [0.25, 0.3) is 44.5 Å². The van der Waals surface area contributed by atoms with E-state index in [-0.39, 0.29) is 5.41 Å². The van der Waals surface area contributed by atoms with Gasteiger partial charge in [0.15, 0.2) is 49.6 Å². The highest BCUT2D eigenvalue weighted by Gasteiger charge is 2.35. The molecule has 2 aliphatic rings. The Bertz CT molecular complexity index is 3850. The quantitative estimate of drug-likeness (QED) is 0.164. The SMILES string of the molecule is C[n+]1ccc(C2=c3ccc([nH]3)=C(c3cc[n+](C)cc3)c3ccc([nH]3)C(c3cc(-c4ccc5c(c4)C(C)(C)c4ccccc4-5)c[n+](C)c3)=c3ccc([nH]3)=C(c3cc[n+](C)cc3)c3ccc2[nH]3)cc1. The molecule has 0 saturated heterocycles. The van der Waals surface area contributed by atoms with E-state index < -0.39 is 0 Å². The van der Waals surface area contributed by atoms with Crippen LogP contribution in [0.2, 0.25) is 0 Å². The van der Waals surface area contributed by atoms with Crippen LogP contribution in [0.3, 0.4) is 0 Å². The van der Waals surface area contributed by atoms with Crippen LogP contribution in [0.1, 0.15) is 70.0 Å². The molecule has 0 saturated carbocycles. The first kappa shape index (κ1) is 40.2. The average Bonchev–Trinajstić information content (AvgIpc) is 4.20. The van der Waals surface area contributed by atoms with Gasteiger partial charge in [-0.3, -0.25) is 0 Å². The smallest absolute Gasteiger partial charge is 0.176 e. The number of nitrogens with one attached hydrogen (secondary N) is 4. The minimum atomic E-state index is -0.102. The fourth-order valence-electron chi connectivity index (χ4n) is 10.5. The molecule has 9 heterocycles. The number of H-pyrrole nitrogens is 4. The number of hydrogen-bond acceptors (Lipinski definition) is 0. The summed E-state index contributed by atoms with van der Waals surface area (Å²) in [5.41, 5.74) is 20.4. The lowest BCUT2D eigenvalue weighted by Gasteiger charge is -2.21. The zero-order chi connectivity index (χ0) is 45.6. The summed E-state index contributed by atoms with van der Waals surface area (Å²) in [4.78, 5) is 15.8. The Morgan fingerprint density at radius 1 is 0.328 bits per heavy atom. The molecule has 0 spiro atoms. The van der Waals surface area contributed by atoms with Crippen LogP contribution < -0.4 is 39.7 Å². The van der Waals surface area contributed by atoms with Gasteiger partial charge in [-0.2, -0.15) is 0 Å². The molecule has 0 unspecified atom stereocenters. The number of aromatic nitrogens is 8. The molecule has 1 aliphatic heterocycles. The Kier molecular flexibility index (Phi) is 9.22. The lowest BCUT2D eigenvalue weighted by atomic mass is 9.81. The monoisotopic (exact) mass is 872 g/mol. The van der Waals surface area contributed by atoms with E-state index in [1.54, 1.807) is 0 Å². The molecule has 67 heavy (non-hydrogen) atoms. The number of rotatable bonds is 5. The molecular weight excluding hydrogens is 821 g/mol. The first-order valence-electron chi connectivity index (χ1n) is 22.9. The van der Waals surface area contributed by atoms with Gasteiger partial charge in [-0.15, -0.1) is 0 Å². The molecule has 0 atom stereocenters. The number of nitrogens with zero attached hydrogens (tertiary/aromatic N) is 4. The maximum atomic E-state index is 3.98. The van der Waals surface area contributed by atoms with Crippen LogP contribution in [-0.4, -0.2) is 19.9 Å². The van der Waals surface area contributed by atoms with Crippen molar-refractivity contribution in [1.82, 2.24) is 19.9 Å². The third kappa shape index (κ3) is 6.83. The van der Waals surface area contributed by atoms with Gasteiger partial charge in [0, 0.05) is 114 Å². The van der Waals surface area contributed by atoms with Crippen molar-refractivity contribution in [2.45, 2.75) is 19.3 Å². The summed E-state index contributed by atoms with van der Waals surface area (Å²) in [5, 5.41) is 4.04. The summed E-state index contributed by atoms with van der Waals surface area (Å²) < 4.78 is 8.42. The van der Waals surface area contributed by atoms with Crippen LogP contribution in [0, 0.1) is 0 Å². The van der Waals surface area contributed by atoms with Crippen molar-refractivity contribution in [3.8, 4) is 22.3 Å². The fourth-order valence-corrected chi connectivity index (χ4v) is 10.5. The summed E-state index contributed by atoms with van der Waals surface area (Å²) >= 11 is 0. The average molecular weight is 873 g/mol. The Hall–Kier alpha value is -8.36. The molecule has 8 nitrogen and oxygen atoms in total. The van der Waals surface area contributed by atoms with Crippen molar-refractivity contribution in [2.75, 3.05) is 0 Å². The second-order valence-corrected chi connectivity index (χ2v) is 18.8. The predicted molar refractivity (Wildman–Crippen MR) is 262 cm³/mol. The van der Waals surface area contributed by atoms with Crippen molar-refractivity contribution >= 4 is 22.3 Å². The molecule has 10 aromatic rings. The van der Waals surface area contributed by atoms with Crippen LogP contribution >= 0.6 is 0 Å². The van der Waals surface area contributed by atoms with Crippen LogP contribution in [0.4, 0.5) is 0 Å².